The van der Waals surface area contributed by atoms with E-state index in [4.69, 9.17) is 9.72 Å². The van der Waals surface area contributed by atoms with Crippen LogP contribution in [0.15, 0.2) is 60.7 Å². The van der Waals surface area contributed by atoms with E-state index in [2.05, 4.69) is 61.4 Å². The lowest BCUT2D eigenvalue weighted by atomic mass is 9.73. The third kappa shape index (κ3) is 5.06. The summed E-state index contributed by atoms with van der Waals surface area (Å²) in [6.07, 6.45) is 3.99. The second-order valence-corrected chi connectivity index (χ2v) is 14.2. The van der Waals surface area contributed by atoms with Gasteiger partial charge in [0.25, 0.3) is 0 Å². The number of hydrogen-bond acceptors (Lipinski definition) is 4. The molecule has 0 spiro atoms. The van der Waals surface area contributed by atoms with E-state index in [9.17, 15) is 9.59 Å². The zero-order valence-corrected chi connectivity index (χ0v) is 26.3. The molecule has 1 saturated carbocycles. The number of fused-ring (bicyclic) bond motifs is 4. The molecule has 3 aliphatic rings. The molecule has 2 N–H and O–H groups in total. The SMILES string of the molecule is Cc1ccc(-c2ccc3nc([C@@H]4CC(C)(C)CN4C(=O)[C@@H](NC(=O)Oc4ccccc4)C(C)C)[nH]c3c2)c2c1C1CCC1C2. The predicted octanol–water partition coefficient (Wildman–Crippen LogP) is 7.70. The summed E-state index contributed by atoms with van der Waals surface area (Å²) in [4.78, 5) is 37.4. The summed E-state index contributed by atoms with van der Waals surface area (Å²) >= 11 is 0. The molecule has 0 bridgehead atoms. The summed E-state index contributed by atoms with van der Waals surface area (Å²) in [5.74, 6) is 2.53. The number of nitrogens with zero attached hydrogens (tertiary/aromatic N) is 2. The number of para-hydroxylation sites is 1. The molecular formula is C37H42N4O3. The average molecular weight is 591 g/mol. The van der Waals surface area contributed by atoms with E-state index in [0.29, 0.717) is 12.3 Å². The van der Waals surface area contributed by atoms with Gasteiger partial charge in [-0.15, -0.1) is 0 Å². The first-order valence-electron chi connectivity index (χ1n) is 16.0. The molecule has 7 nitrogen and oxygen atoms in total. The van der Waals surface area contributed by atoms with E-state index >= 15 is 0 Å². The third-order valence-corrected chi connectivity index (χ3v) is 10.1. The smallest absolute Gasteiger partial charge is 0.410 e. The maximum atomic E-state index is 14.1. The monoisotopic (exact) mass is 590 g/mol. The minimum absolute atomic E-state index is 0.0989. The highest BCUT2D eigenvalue weighted by Gasteiger charge is 2.45. The lowest BCUT2D eigenvalue weighted by Crippen LogP contribution is -2.52. The lowest BCUT2D eigenvalue weighted by molar-refractivity contribution is -0.135. The van der Waals surface area contributed by atoms with Gasteiger partial charge in [0.05, 0.1) is 17.1 Å². The number of aromatic nitrogens is 2. The predicted molar refractivity (Wildman–Crippen MR) is 173 cm³/mol. The Kier molecular flexibility index (Phi) is 7.02. The largest absolute Gasteiger partial charge is 0.413 e. The molecule has 2 unspecified atom stereocenters. The van der Waals surface area contributed by atoms with Crippen LogP contribution in [-0.2, 0) is 11.2 Å². The van der Waals surface area contributed by atoms with Crippen molar-refractivity contribution >= 4 is 23.0 Å². The van der Waals surface area contributed by atoms with Gasteiger partial charge < -0.3 is 19.9 Å². The van der Waals surface area contributed by atoms with Crippen LogP contribution in [0.3, 0.4) is 0 Å². The minimum atomic E-state index is -0.725. The van der Waals surface area contributed by atoms with Crippen molar-refractivity contribution in [2.45, 2.75) is 78.3 Å². The fourth-order valence-electron chi connectivity index (χ4n) is 7.79. The summed E-state index contributed by atoms with van der Waals surface area (Å²) < 4.78 is 5.46. The molecule has 2 aliphatic carbocycles. The van der Waals surface area contributed by atoms with Gasteiger partial charge in [-0.3, -0.25) is 4.79 Å². The van der Waals surface area contributed by atoms with Crippen LogP contribution in [0.25, 0.3) is 22.2 Å². The highest BCUT2D eigenvalue weighted by Crippen LogP contribution is 2.54. The maximum absolute atomic E-state index is 14.1. The molecule has 2 fully saturated rings. The molecule has 44 heavy (non-hydrogen) atoms. The van der Waals surface area contributed by atoms with Crippen molar-refractivity contribution < 1.29 is 14.3 Å². The number of aryl methyl sites for hydroxylation is 1. The molecule has 4 aromatic rings. The fourth-order valence-corrected chi connectivity index (χ4v) is 7.79. The molecule has 2 heterocycles. The van der Waals surface area contributed by atoms with Crippen LogP contribution in [0.5, 0.6) is 5.75 Å². The van der Waals surface area contributed by atoms with Crippen molar-refractivity contribution in [1.29, 1.82) is 0 Å². The summed E-state index contributed by atoms with van der Waals surface area (Å²) in [5, 5.41) is 2.85. The van der Waals surface area contributed by atoms with Gasteiger partial charge in [-0.05, 0) is 108 Å². The van der Waals surface area contributed by atoms with Crippen LogP contribution < -0.4 is 10.1 Å². The normalized spacial score (nSPS) is 22.4. The van der Waals surface area contributed by atoms with E-state index < -0.39 is 12.1 Å². The first kappa shape index (κ1) is 28.6. The Labute approximate surface area is 259 Å². The van der Waals surface area contributed by atoms with Crippen molar-refractivity contribution in [2.75, 3.05) is 6.54 Å². The summed E-state index contributed by atoms with van der Waals surface area (Å²) in [6.45, 7) is 11.1. The van der Waals surface area contributed by atoms with Crippen LogP contribution in [0, 0.1) is 24.2 Å². The van der Waals surface area contributed by atoms with Gasteiger partial charge in [0, 0.05) is 6.54 Å². The average Bonchev–Trinajstić information content (AvgIpc) is 3.62. The van der Waals surface area contributed by atoms with E-state index in [0.717, 1.165) is 35.1 Å². The standard InChI is InChI=1S/C37H42N4O3/c1-21(2)33(40-36(43)44-25-9-7-6-8-10-25)35(42)41-20-37(4,5)19-31(41)34-38-29-16-13-24(18-30(29)39-34)26-14-11-22(3)32-27-15-12-23(27)17-28(26)32/h6-11,13-14,16,18,21,23,27,31,33H,12,15,17,19-20H2,1-5H3,(H,38,39)(H,40,43)/t23?,27?,31-,33-/m0/s1. The Hall–Kier alpha value is -4.13. The number of hydrogen-bond donors (Lipinski definition) is 2. The van der Waals surface area contributed by atoms with Crippen molar-refractivity contribution in [2.24, 2.45) is 17.3 Å². The summed E-state index contributed by atoms with van der Waals surface area (Å²) in [6, 6.07) is 19.0. The van der Waals surface area contributed by atoms with Gasteiger partial charge in [0.2, 0.25) is 5.91 Å². The number of carbonyl (C=O) groups is 2. The molecule has 4 atom stereocenters. The molecule has 0 radical (unpaired) electrons. The quantitative estimate of drug-likeness (QED) is 0.241. The summed E-state index contributed by atoms with van der Waals surface area (Å²) in [5.41, 5.74) is 8.88. The molecule has 1 saturated heterocycles. The first-order valence-corrected chi connectivity index (χ1v) is 16.0. The highest BCUT2D eigenvalue weighted by atomic mass is 16.6. The minimum Gasteiger partial charge on any atom is -0.410 e. The number of likely N-dealkylation sites (tertiary alicyclic amines) is 1. The first-order chi connectivity index (χ1) is 21.1. The van der Waals surface area contributed by atoms with Crippen LogP contribution in [0.4, 0.5) is 4.79 Å². The van der Waals surface area contributed by atoms with Gasteiger partial charge in [0.15, 0.2) is 0 Å². The maximum Gasteiger partial charge on any atom is 0.413 e. The molecule has 2 amide bonds. The van der Waals surface area contributed by atoms with Crippen LogP contribution in [0.2, 0.25) is 0 Å². The number of amides is 2. The topological polar surface area (TPSA) is 87.3 Å². The van der Waals surface area contributed by atoms with Crippen molar-refractivity contribution in [3.63, 3.8) is 0 Å². The molecule has 1 aromatic heterocycles. The highest BCUT2D eigenvalue weighted by molar-refractivity contribution is 5.87. The van der Waals surface area contributed by atoms with Gasteiger partial charge in [-0.1, -0.05) is 64.1 Å². The van der Waals surface area contributed by atoms with E-state index in [-0.39, 0.29) is 23.3 Å². The van der Waals surface area contributed by atoms with Crippen LogP contribution in [0.1, 0.15) is 81.4 Å². The number of ether oxygens (including phenoxy) is 1. The number of nitrogens with one attached hydrogen (secondary N) is 2. The van der Waals surface area contributed by atoms with Gasteiger partial charge >= 0.3 is 6.09 Å². The van der Waals surface area contributed by atoms with Crippen LogP contribution >= 0.6 is 0 Å². The van der Waals surface area contributed by atoms with Crippen molar-refractivity contribution in [3.8, 4) is 16.9 Å². The zero-order valence-electron chi connectivity index (χ0n) is 26.3. The van der Waals surface area contributed by atoms with Crippen molar-refractivity contribution in [1.82, 2.24) is 20.2 Å². The number of benzene rings is 3. The van der Waals surface area contributed by atoms with Gasteiger partial charge in [-0.25, -0.2) is 9.78 Å². The zero-order chi connectivity index (χ0) is 30.7. The number of imidazole rings is 1. The Bertz CT molecular complexity index is 1740. The fraction of sp³-hybridized carbons (Fsp3) is 0.432. The number of H-pyrrole nitrogens is 1. The number of rotatable bonds is 6. The third-order valence-electron chi connectivity index (χ3n) is 10.1. The molecule has 7 rings (SSSR count). The Morgan fingerprint density at radius 3 is 2.59 bits per heavy atom. The van der Waals surface area contributed by atoms with E-state index in [1.807, 2.05) is 24.8 Å². The Morgan fingerprint density at radius 1 is 1.07 bits per heavy atom. The molecule has 1 aliphatic heterocycles. The second kappa shape index (κ2) is 10.8. The molecule has 228 valence electrons. The van der Waals surface area contributed by atoms with Gasteiger partial charge in [-0.2, -0.15) is 0 Å². The summed E-state index contributed by atoms with van der Waals surface area (Å²) in [7, 11) is 0. The number of carbonyl (C=O) groups excluding carboxylic acids is 2. The van der Waals surface area contributed by atoms with Crippen LogP contribution in [-0.4, -0.2) is 39.5 Å². The number of aromatic amines is 1. The molecule has 3 aromatic carbocycles. The van der Waals surface area contributed by atoms with E-state index in [1.54, 1.807) is 29.8 Å². The van der Waals surface area contributed by atoms with E-state index in [1.165, 1.54) is 41.5 Å². The Balaban J connectivity index is 1.16. The molecule has 7 heteroatoms. The lowest BCUT2D eigenvalue weighted by Gasteiger charge is -2.31. The van der Waals surface area contributed by atoms with Gasteiger partial charge in [0.1, 0.15) is 17.6 Å². The van der Waals surface area contributed by atoms with Crippen molar-refractivity contribution in [3.05, 3.63) is 83.2 Å². The second-order valence-electron chi connectivity index (χ2n) is 14.2. The Morgan fingerprint density at radius 2 is 1.86 bits per heavy atom. The molecular weight excluding hydrogens is 548 g/mol.